The van der Waals surface area contributed by atoms with Gasteiger partial charge in [-0.15, -0.1) is 5.10 Å². The molecule has 2 amide bonds. The van der Waals surface area contributed by atoms with Crippen LogP contribution in [-0.2, 0) is 19.1 Å². The van der Waals surface area contributed by atoms with Crippen LogP contribution in [0.1, 0.15) is 71.4 Å². The number of fused-ring (bicyclic) bond motifs is 1. The van der Waals surface area contributed by atoms with Gasteiger partial charge in [-0.05, 0) is 74.9 Å². The van der Waals surface area contributed by atoms with E-state index in [-0.39, 0.29) is 41.8 Å². The number of aliphatic hydroxyl groups excluding tert-OH is 1. The topological polar surface area (TPSA) is 130 Å². The van der Waals surface area contributed by atoms with Gasteiger partial charge in [-0.25, -0.2) is 13.9 Å². The first-order valence-electron chi connectivity index (χ1n) is 17.1. The number of carbonyl (C=O) groups excluding carboxylic acids is 3. The van der Waals surface area contributed by atoms with E-state index < -0.39 is 30.1 Å². The summed E-state index contributed by atoms with van der Waals surface area (Å²) in [5.41, 5.74) is 1.97. The zero-order chi connectivity index (χ0) is 34.5. The fourth-order valence-corrected chi connectivity index (χ4v) is 6.77. The second kappa shape index (κ2) is 15.6. The lowest BCUT2D eigenvalue weighted by molar-refractivity contribution is -0.151. The third-order valence-electron chi connectivity index (χ3n) is 9.91. The third kappa shape index (κ3) is 8.59. The minimum Gasteiger partial charge on any atom is -0.457 e. The van der Waals surface area contributed by atoms with Crippen LogP contribution in [0.2, 0.25) is 0 Å². The Morgan fingerprint density at radius 3 is 2.40 bits per heavy atom. The number of likely N-dealkylation sites (N-methyl/N-ethyl adjacent to an activating group) is 1. The Hall–Kier alpha value is -3.84. The molecule has 13 heteroatoms. The number of hydrogen-bond acceptors (Lipinski definition) is 9. The number of piperidine rings is 1. The molecule has 0 unspecified atom stereocenters. The van der Waals surface area contributed by atoms with Crippen LogP contribution < -0.4 is 0 Å². The van der Waals surface area contributed by atoms with Crippen LogP contribution in [0.25, 0.3) is 17.1 Å². The lowest BCUT2D eigenvalue weighted by atomic mass is 9.91. The van der Waals surface area contributed by atoms with Crippen molar-refractivity contribution in [2.24, 2.45) is 11.8 Å². The van der Waals surface area contributed by atoms with Gasteiger partial charge >= 0.3 is 12.1 Å². The van der Waals surface area contributed by atoms with Crippen LogP contribution >= 0.6 is 0 Å². The molecule has 3 aliphatic rings. The number of aliphatic hydroxyl groups is 1. The lowest BCUT2D eigenvalue weighted by Crippen LogP contribution is -2.48. The van der Waals surface area contributed by atoms with E-state index in [1.54, 1.807) is 27.5 Å². The summed E-state index contributed by atoms with van der Waals surface area (Å²) in [5.74, 6) is -1.41. The summed E-state index contributed by atoms with van der Waals surface area (Å²) in [6, 6.07) is 3.20. The molecule has 3 aliphatic heterocycles. The van der Waals surface area contributed by atoms with Crippen LogP contribution in [0.15, 0.2) is 29.9 Å². The molecule has 2 saturated heterocycles. The maximum atomic E-state index is 15.3. The summed E-state index contributed by atoms with van der Waals surface area (Å²) in [4.78, 5) is 43.6. The average Bonchev–Trinajstić information content (AvgIpc) is 3.48. The molecular weight excluding hydrogens is 619 g/mol. The minimum absolute atomic E-state index is 0.0186. The van der Waals surface area contributed by atoms with Crippen LogP contribution in [0, 0.1) is 17.7 Å². The van der Waals surface area contributed by atoms with Gasteiger partial charge in [-0.2, -0.15) is 0 Å². The van der Waals surface area contributed by atoms with Crippen molar-refractivity contribution in [2.45, 2.75) is 84.2 Å². The number of benzene rings is 1. The Kier molecular flexibility index (Phi) is 11.5. The molecular formula is C35H49FN6O6. The SMILES string of the molecule is CC(=O)N1CCC(n2nnc3c(F)cc(/C=C(\C)[C@H]4OC(=O)C[C@H](O)CC[C@H](C)[C@@H](OC(=O)N5CCN(C)CC5)/C=C\[C@@H]4C)cc32)CC1. The molecule has 12 nitrogen and oxygen atoms in total. The summed E-state index contributed by atoms with van der Waals surface area (Å²) >= 11 is 0. The highest BCUT2D eigenvalue weighted by molar-refractivity contribution is 5.79. The van der Waals surface area contributed by atoms with Gasteiger partial charge in [0.05, 0.1) is 24.1 Å². The standard InChI is InChI=1S/C35H49FN6O6/c1-22-6-8-28(44)21-32(45)48-34(23(2)7-9-31(22)47-35(46)41-16-14-39(5)15-17-41)24(3)18-26-19-29(36)33-30(20-26)42(38-37-33)27-10-12-40(13-11-27)25(4)43/h7,9,18-20,22-23,27-28,31,34,44H,6,8,10-17,21H2,1-5H3/b9-7-,24-18+/t22-,23-,28+,31-,34-/m0/s1. The van der Waals surface area contributed by atoms with Gasteiger partial charge in [0.15, 0.2) is 5.82 Å². The molecule has 5 atom stereocenters. The Morgan fingerprint density at radius 2 is 1.71 bits per heavy atom. The highest BCUT2D eigenvalue weighted by Crippen LogP contribution is 2.30. The number of halogens is 1. The number of carbonyl (C=O) groups is 3. The van der Waals surface area contributed by atoms with E-state index in [9.17, 15) is 19.5 Å². The van der Waals surface area contributed by atoms with Gasteiger partial charge in [0.1, 0.15) is 17.7 Å². The summed E-state index contributed by atoms with van der Waals surface area (Å²) in [6.45, 7) is 11.2. The van der Waals surface area contributed by atoms with E-state index in [0.717, 1.165) is 13.1 Å². The normalized spacial score (nSPS) is 28.0. The highest BCUT2D eigenvalue weighted by atomic mass is 19.1. The molecule has 48 heavy (non-hydrogen) atoms. The first-order chi connectivity index (χ1) is 22.9. The van der Waals surface area contributed by atoms with Gasteiger partial charge in [-0.3, -0.25) is 9.59 Å². The smallest absolute Gasteiger partial charge is 0.410 e. The second-order valence-corrected chi connectivity index (χ2v) is 13.7. The zero-order valence-electron chi connectivity index (χ0n) is 28.7. The minimum atomic E-state index is -0.899. The third-order valence-corrected chi connectivity index (χ3v) is 9.91. The monoisotopic (exact) mass is 668 g/mol. The summed E-state index contributed by atoms with van der Waals surface area (Å²) < 4.78 is 29.0. The number of nitrogens with zero attached hydrogens (tertiary/aromatic N) is 6. The van der Waals surface area contributed by atoms with Crippen molar-refractivity contribution in [3.05, 3.63) is 41.2 Å². The molecule has 1 aromatic heterocycles. The molecule has 0 aliphatic carbocycles. The first kappa shape index (κ1) is 35.5. The van der Waals surface area contributed by atoms with Gasteiger partial charge in [0.2, 0.25) is 5.91 Å². The number of amides is 2. The van der Waals surface area contributed by atoms with Crippen molar-refractivity contribution in [3.63, 3.8) is 0 Å². The van der Waals surface area contributed by atoms with Gasteiger partial charge in [0, 0.05) is 52.1 Å². The lowest BCUT2D eigenvalue weighted by Gasteiger charge is -2.33. The number of aromatic nitrogens is 3. The Morgan fingerprint density at radius 1 is 1.00 bits per heavy atom. The zero-order valence-corrected chi connectivity index (χ0v) is 28.7. The van der Waals surface area contributed by atoms with Crippen molar-refractivity contribution in [1.82, 2.24) is 29.7 Å². The van der Waals surface area contributed by atoms with Crippen LogP contribution in [0.4, 0.5) is 9.18 Å². The fourth-order valence-electron chi connectivity index (χ4n) is 6.77. The van der Waals surface area contributed by atoms with E-state index in [1.165, 1.54) is 6.07 Å². The molecule has 2 aromatic rings. The largest absolute Gasteiger partial charge is 0.457 e. The van der Waals surface area contributed by atoms with E-state index in [2.05, 4.69) is 15.2 Å². The number of esters is 1. The molecule has 1 aromatic carbocycles. The summed E-state index contributed by atoms with van der Waals surface area (Å²) in [7, 11) is 2.02. The Bertz CT molecular complexity index is 1530. The van der Waals surface area contributed by atoms with Gasteiger partial charge in [0.25, 0.3) is 0 Å². The van der Waals surface area contributed by atoms with Crippen LogP contribution in [-0.4, -0.2) is 117 Å². The molecule has 5 rings (SSSR count). The molecule has 1 N–H and O–H groups in total. The number of cyclic esters (lactones) is 1. The Labute approximate surface area is 281 Å². The molecule has 2 fully saturated rings. The number of likely N-dealkylation sites (tertiary alicyclic amines) is 1. The van der Waals surface area contributed by atoms with E-state index in [0.29, 0.717) is 68.5 Å². The fraction of sp³-hybridized carbons (Fsp3) is 0.629. The van der Waals surface area contributed by atoms with E-state index in [4.69, 9.17) is 9.47 Å². The number of rotatable bonds is 4. The molecule has 0 spiro atoms. The average molecular weight is 669 g/mol. The van der Waals surface area contributed by atoms with Gasteiger partial charge in [-0.1, -0.05) is 31.2 Å². The molecule has 262 valence electrons. The predicted octanol–water partition coefficient (Wildman–Crippen LogP) is 4.19. The molecule has 0 saturated carbocycles. The maximum absolute atomic E-state index is 15.3. The van der Waals surface area contributed by atoms with Crippen molar-refractivity contribution in [3.8, 4) is 0 Å². The number of piperazine rings is 1. The van der Waals surface area contributed by atoms with Crippen LogP contribution in [0.3, 0.4) is 0 Å². The van der Waals surface area contributed by atoms with Crippen LogP contribution in [0.5, 0.6) is 0 Å². The highest BCUT2D eigenvalue weighted by Gasteiger charge is 2.30. The first-order valence-corrected chi connectivity index (χ1v) is 17.1. The predicted molar refractivity (Wildman–Crippen MR) is 178 cm³/mol. The van der Waals surface area contributed by atoms with Gasteiger partial charge < -0.3 is 29.3 Å². The maximum Gasteiger partial charge on any atom is 0.410 e. The second-order valence-electron chi connectivity index (χ2n) is 13.7. The quantitative estimate of drug-likeness (QED) is 0.377. The van der Waals surface area contributed by atoms with Crippen molar-refractivity contribution in [2.75, 3.05) is 46.3 Å². The Balaban J connectivity index is 1.39. The van der Waals surface area contributed by atoms with Crippen molar-refractivity contribution >= 4 is 35.1 Å². The molecule has 0 bridgehead atoms. The van der Waals surface area contributed by atoms with Crippen molar-refractivity contribution < 1.29 is 33.4 Å². The molecule has 4 heterocycles. The summed E-state index contributed by atoms with van der Waals surface area (Å²) in [6.07, 6.45) is 5.18. The van der Waals surface area contributed by atoms with E-state index >= 15 is 4.39 Å². The number of ether oxygens (including phenoxy) is 2. The summed E-state index contributed by atoms with van der Waals surface area (Å²) in [5, 5.41) is 19.0. The van der Waals surface area contributed by atoms with Crippen molar-refractivity contribution in [1.29, 1.82) is 0 Å². The van der Waals surface area contributed by atoms with E-state index in [1.807, 2.05) is 46.0 Å². The number of hydrogen-bond donors (Lipinski definition) is 1. The molecule has 0 radical (unpaired) electrons.